The molecule has 160 valence electrons. The number of hydrogen-bond donors (Lipinski definition) is 2. The Morgan fingerprint density at radius 1 is 1.03 bits per heavy atom. The number of anilines is 1. The molecule has 2 aromatic carbocycles. The molecule has 1 aliphatic heterocycles. The molecule has 1 atom stereocenters. The number of aryl methyl sites for hydroxylation is 2. The summed E-state index contributed by atoms with van der Waals surface area (Å²) in [6, 6.07) is 14.2. The van der Waals surface area contributed by atoms with Gasteiger partial charge in [0, 0.05) is 29.8 Å². The molecular formula is C24H27N5O2. The minimum atomic E-state index is -0.680. The smallest absolute Gasteiger partial charge is 0.251 e. The highest BCUT2D eigenvalue weighted by Gasteiger charge is 2.19. The molecule has 2 N–H and O–H groups in total. The van der Waals surface area contributed by atoms with E-state index in [1.54, 1.807) is 19.1 Å². The fourth-order valence-corrected chi connectivity index (χ4v) is 3.82. The van der Waals surface area contributed by atoms with Gasteiger partial charge in [0.15, 0.2) is 5.82 Å². The lowest BCUT2D eigenvalue weighted by Gasteiger charge is -2.15. The van der Waals surface area contributed by atoms with E-state index in [-0.39, 0.29) is 11.8 Å². The van der Waals surface area contributed by atoms with Crippen molar-refractivity contribution in [2.75, 3.05) is 5.32 Å². The quantitative estimate of drug-likeness (QED) is 0.662. The van der Waals surface area contributed by atoms with E-state index in [0.717, 1.165) is 48.6 Å². The Hall–Kier alpha value is -3.48. The van der Waals surface area contributed by atoms with Crippen molar-refractivity contribution in [3.8, 4) is 11.4 Å². The molecule has 4 rings (SSSR count). The number of nitrogens with zero attached hydrogens (tertiary/aromatic N) is 3. The van der Waals surface area contributed by atoms with Gasteiger partial charge in [-0.2, -0.15) is 0 Å². The first kappa shape index (κ1) is 20.8. The van der Waals surface area contributed by atoms with Gasteiger partial charge in [-0.1, -0.05) is 36.2 Å². The molecule has 0 unspecified atom stereocenters. The van der Waals surface area contributed by atoms with Crippen LogP contribution in [-0.2, 0) is 17.8 Å². The largest absolute Gasteiger partial charge is 0.341 e. The van der Waals surface area contributed by atoms with Gasteiger partial charge in [0.2, 0.25) is 5.91 Å². The van der Waals surface area contributed by atoms with Gasteiger partial charge in [-0.25, -0.2) is 0 Å². The predicted molar refractivity (Wildman–Crippen MR) is 120 cm³/mol. The van der Waals surface area contributed by atoms with Gasteiger partial charge >= 0.3 is 0 Å². The maximum absolute atomic E-state index is 12.7. The van der Waals surface area contributed by atoms with Gasteiger partial charge < -0.3 is 15.2 Å². The first-order valence-corrected chi connectivity index (χ1v) is 10.7. The first-order chi connectivity index (χ1) is 15.0. The summed E-state index contributed by atoms with van der Waals surface area (Å²) >= 11 is 0. The molecule has 31 heavy (non-hydrogen) atoms. The topological polar surface area (TPSA) is 88.9 Å². The molecule has 0 aliphatic carbocycles. The van der Waals surface area contributed by atoms with Crippen molar-refractivity contribution in [3.05, 3.63) is 65.5 Å². The van der Waals surface area contributed by atoms with Crippen molar-refractivity contribution in [1.82, 2.24) is 20.1 Å². The summed E-state index contributed by atoms with van der Waals surface area (Å²) in [6.07, 6.45) is 4.40. The molecule has 0 fully saturated rings. The zero-order chi connectivity index (χ0) is 21.8. The van der Waals surface area contributed by atoms with Crippen LogP contribution in [0.5, 0.6) is 0 Å². The van der Waals surface area contributed by atoms with Crippen LogP contribution < -0.4 is 10.6 Å². The maximum Gasteiger partial charge on any atom is 0.251 e. The van der Waals surface area contributed by atoms with Crippen LogP contribution in [0.3, 0.4) is 0 Å². The third-order valence-electron chi connectivity index (χ3n) is 5.52. The van der Waals surface area contributed by atoms with Gasteiger partial charge in [0.25, 0.3) is 5.91 Å². The first-order valence-electron chi connectivity index (χ1n) is 10.7. The molecule has 3 aromatic rings. The van der Waals surface area contributed by atoms with Gasteiger partial charge in [-0.3, -0.25) is 9.59 Å². The fourth-order valence-electron chi connectivity index (χ4n) is 3.82. The zero-order valence-corrected chi connectivity index (χ0v) is 17.9. The van der Waals surface area contributed by atoms with Crippen molar-refractivity contribution >= 4 is 17.5 Å². The zero-order valence-electron chi connectivity index (χ0n) is 17.9. The van der Waals surface area contributed by atoms with Crippen molar-refractivity contribution in [2.24, 2.45) is 0 Å². The third-order valence-corrected chi connectivity index (χ3v) is 5.52. The fraction of sp³-hybridized carbons (Fsp3) is 0.333. The molecule has 7 heteroatoms. The van der Waals surface area contributed by atoms with Crippen LogP contribution in [0, 0.1) is 6.92 Å². The van der Waals surface area contributed by atoms with E-state index in [0.29, 0.717) is 11.3 Å². The summed E-state index contributed by atoms with van der Waals surface area (Å²) < 4.78 is 2.18. The van der Waals surface area contributed by atoms with E-state index < -0.39 is 6.04 Å². The summed E-state index contributed by atoms with van der Waals surface area (Å²) in [5.41, 5.74) is 3.10. The normalized spacial score (nSPS) is 14.3. The number of carbonyl (C=O) groups is 2. The summed E-state index contributed by atoms with van der Waals surface area (Å²) in [5.74, 6) is 1.30. The second-order valence-corrected chi connectivity index (χ2v) is 8.04. The second-order valence-electron chi connectivity index (χ2n) is 8.04. The molecule has 1 aromatic heterocycles. The van der Waals surface area contributed by atoms with Gasteiger partial charge in [-0.15, -0.1) is 10.2 Å². The number of nitrogens with one attached hydrogen (secondary N) is 2. The van der Waals surface area contributed by atoms with Crippen LogP contribution in [0.1, 0.15) is 47.9 Å². The van der Waals surface area contributed by atoms with Crippen LogP contribution in [-0.4, -0.2) is 32.6 Å². The molecule has 1 aliphatic rings. The maximum atomic E-state index is 12.7. The number of fused-ring (bicyclic) bond motifs is 1. The van der Waals surface area contributed by atoms with Crippen LogP contribution in [0.2, 0.25) is 0 Å². The molecule has 0 spiro atoms. The van der Waals surface area contributed by atoms with E-state index in [2.05, 4.69) is 25.4 Å². The molecule has 2 amide bonds. The lowest BCUT2D eigenvalue weighted by Crippen LogP contribution is -2.41. The molecule has 0 radical (unpaired) electrons. The van der Waals surface area contributed by atoms with Crippen molar-refractivity contribution in [3.63, 3.8) is 0 Å². The SMILES string of the molecule is Cc1cccc(C(=O)N[C@@H](C)C(=O)Nc2cccc(-c3nnc4n3CCCCC4)c2)c1. The summed E-state index contributed by atoms with van der Waals surface area (Å²) in [7, 11) is 0. The highest BCUT2D eigenvalue weighted by molar-refractivity contribution is 6.01. The summed E-state index contributed by atoms with van der Waals surface area (Å²) in [5, 5.41) is 14.4. The average molecular weight is 418 g/mol. The number of aromatic nitrogens is 3. The van der Waals surface area contributed by atoms with E-state index in [9.17, 15) is 9.59 Å². The van der Waals surface area contributed by atoms with Crippen LogP contribution >= 0.6 is 0 Å². The molecular weight excluding hydrogens is 390 g/mol. The summed E-state index contributed by atoms with van der Waals surface area (Å²) in [4.78, 5) is 25.1. The molecule has 0 saturated heterocycles. The van der Waals surface area contributed by atoms with Crippen LogP contribution in [0.4, 0.5) is 5.69 Å². The van der Waals surface area contributed by atoms with Crippen molar-refractivity contribution in [1.29, 1.82) is 0 Å². The van der Waals surface area contributed by atoms with E-state index in [4.69, 9.17) is 0 Å². The van der Waals surface area contributed by atoms with Gasteiger partial charge in [0.05, 0.1) is 0 Å². The minimum absolute atomic E-state index is 0.272. The average Bonchev–Trinajstić information content (AvgIpc) is 3.02. The van der Waals surface area contributed by atoms with Crippen LogP contribution in [0.15, 0.2) is 48.5 Å². The number of hydrogen-bond acceptors (Lipinski definition) is 4. The molecule has 7 nitrogen and oxygen atoms in total. The van der Waals surface area contributed by atoms with E-state index >= 15 is 0 Å². The lowest BCUT2D eigenvalue weighted by atomic mass is 10.1. The molecule has 0 bridgehead atoms. The Labute approximate surface area is 181 Å². The number of amides is 2. The monoisotopic (exact) mass is 417 g/mol. The Bertz CT molecular complexity index is 1100. The second kappa shape index (κ2) is 9.12. The molecule has 2 heterocycles. The Balaban J connectivity index is 1.44. The summed E-state index contributed by atoms with van der Waals surface area (Å²) in [6.45, 7) is 4.51. The Morgan fingerprint density at radius 2 is 1.87 bits per heavy atom. The minimum Gasteiger partial charge on any atom is -0.341 e. The standard InChI is InChI=1S/C24H27N5O2/c1-16-8-6-10-19(14-16)24(31)25-17(2)23(30)26-20-11-7-9-18(15-20)22-28-27-21-12-4-3-5-13-29(21)22/h6-11,14-15,17H,3-5,12-13H2,1-2H3,(H,25,31)(H,26,30)/t17-/m0/s1. The highest BCUT2D eigenvalue weighted by Crippen LogP contribution is 2.25. The Kier molecular flexibility index (Phi) is 6.11. The van der Waals surface area contributed by atoms with Gasteiger partial charge in [0.1, 0.15) is 11.9 Å². The van der Waals surface area contributed by atoms with Crippen molar-refractivity contribution < 1.29 is 9.59 Å². The Morgan fingerprint density at radius 3 is 2.71 bits per heavy atom. The van der Waals surface area contributed by atoms with Crippen molar-refractivity contribution in [2.45, 2.75) is 52.1 Å². The highest BCUT2D eigenvalue weighted by atomic mass is 16.2. The number of benzene rings is 2. The lowest BCUT2D eigenvalue weighted by molar-refractivity contribution is -0.117. The predicted octanol–water partition coefficient (Wildman–Crippen LogP) is 3.74. The third kappa shape index (κ3) is 4.82. The van der Waals surface area contributed by atoms with E-state index in [1.165, 1.54) is 6.42 Å². The molecule has 0 saturated carbocycles. The van der Waals surface area contributed by atoms with Crippen LogP contribution in [0.25, 0.3) is 11.4 Å². The number of carbonyl (C=O) groups excluding carboxylic acids is 2. The number of rotatable bonds is 5. The van der Waals surface area contributed by atoms with E-state index in [1.807, 2.05) is 43.3 Å². The van der Waals surface area contributed by atoms with Gasteiger partial charge in [-0.05, 0) is 51.0 Å².